The van der Waals surface area contributed by atoms with Gasteiger partial charge in [-0.15, -0.1) is 0 Å². The first-order valence-electron chi connectivity index (χ1n) is 19.4. The average Bonchev–Trinajstić information content (AvgIpc) is 3.60. The molecule has 256 valence electrons. The number of hydrogen-bond acceptors (Lipinski definition) is 3. The van der Waals surface area contributed by atoms with Crippen molar-refractivity contribution in [2.75, 3.05) is 0 Å². The fourth-order valence-electron chi connectivity index (χ4n) is 10.1. The molecule has 4 heteroatoms. The summed E-state index contributed by atoms with van der Waals surface area (Å²) < 4.78 is 8.79. The van der Waals surface area contributed by atoms with Crippen LogP contribution in [0.5, 0.6) is 0 Å². The van der Waals surface area contributed by atoms with Gasteiger partial charge >= 0.3 is 0 Å². The highest BCUT2D eigenvalue weighted by molar-refractivity contribution is 5.94. The lowest BCUT2D eigenvalue weighted by molar-refractivity contribution is 0.00754. The molecule has 2 aliphatic carbocycles. The van der Waals surface area contributed by atoms with E-state index in [0.717, 1.165) is 41.2 Å². The van der Waals surface area contributed by atoms with Gasteiger partial charge in [-0.2, -0.15) is 0 Å². The highest BCUT2D eigenvalue weighted by Gasteiger charge is 2.47. The van der Waals surface area contributed by atoms with Crippen LogP contribution in [0.3, 0.4) is 0 Å². The lowest BCUT2D eigenvalue weighted by atomic mass is 9.58. The molecule has 0 bridgehead atoms. The number of nitrogens with one attached hydrogen (secondary N) is 1. The van der Waals surface area contributed by atoms with Gasteiger partial charge in [-0.1, -0.05) is 106 Å². The Morgan fingerprint density at radius 2 is 1.57 bits per heavy atom. The van der Waals surface area contributed by atoms with Gasteiger partial charge < -0.3 is 14.3 Å². The minimum atomic E-state index is 0.239. The summed E-state index contributed by atoms with van der Waals surface area (Å²) >= 11 is 0. The fourth-order valence-corrected chi connectivity index (χ4v) is 10.1. The Balaban J connectivity index is 1.67. The third-order valence-corrected chi connectivity index (χ3v) is 12.5. The van der Waals surface area contributed by atoms with E-state index < -0.39 is 0 Å². The van der Waals surface area contributed by atoms with Crippen LogP contribution in [0.15, 0.2) is 34.9 Å². The van der Waals surface area contributed by atoms with Gasteiger partial charge in [0.1, 0.15) is 17.2 Å². The number of imidazole rings is 1. The molecule has 1 aromatic carbocycles. The Labute approximate surface area is 281 Å². The lowest BCUT2D eigenvalue weighted by Gasteiger charge is -2.51. The van der Waals surface area contributed by atoms with Gasteiger partial charge in [0.2, 0.25) is 0 Å². The standard InChI is InChI=1S/C42H67N3O/c1-11-17-29-19-16-21-32(27(6)7)40(29)44-41(38-30(18-12-2)23-31(26(4)5)24-34(38)28(8)9)42-43-35(25-45(42)10)39-33-20-14-15-22-37(33)46-36(39)13-3/h14-15,20,22,25-32,34,38,40-41,44H,11-13,16-19,21,23-24H2,1-10H3. The first-order chi connectivity index (χ1) is 22.1. The van der Waals surface area contributed by atoms with Crippen molar-refractivity contribution in [3.8, 4) is 11.3 Å². The first-order valence-corrected chi connectivity index (χ1v) is 19.4. The Bertz CT molecular complexity index is 1380. The first kappa shape index (κ1) is 35.2. The van der Waals surface area contributed by atoms with Crippen LogP contribution < -0.4 is 5.32 Å². The van der Waals surface area contributed by atoms with E-state index in [9.17, 15) is 0 Å². The van der Waals surface area contributed by atoms with Crippen LogP contribution in [0, 0.1) is 53.3 Å². The van der Waals surface area contributed by atoms with E-state index in [1.807, 2.05) is 0 Å². The second-order valence-corrected chi connectivity index (χ2v) is 16.4. The quantitative estimate of drug-likeness (QED) is 0.204. The monoisotopic (exact) mass is 630 g/mol. The molecule has 46 heavy (non-hydrogen) atoms. The number of para-hydroxylation sites is 1. The predicted molar refractivity (Wildman–Crippen MR) is 196 cm³/mol. The molecule has 2 saturated carbocycles. The van der Waals surface area contributed by atoms with Crippen LogP contribution in [0.2, 0.25) is 0 Å². The largest absolute Gasteiger partial charge is 0.460 e. The summed E-state index contributed by atoms with van der Waals surface area (Å²) in [5.41, 5.74) is 3.23. The van der Waals surface area contributed by atoms with Crippen LogP contribution in [0.4, 0.5) is 0 Å². The number of hydrogen-bond donors (Lipinski definition) is 1. The molecule has 0 saturated heterocycles. The number of benzene rings is 1. The van der Waals surface area contributed by atoms with Crippen LogP contribution in [-0.2, 0) is 13.5 Å². The van der Waals surface area contributed by atoms with Crippen molar-refractivity contribution in [3.63, 3.8) is 0 Å². The summed E-state index contributed by atoms with van der Waals surface area (Å²) in [6.07, 6.45) is 15.1. The van der Waals surface area contributed by atoms with Gasteiger partial charge in [0.15, 0.2) is 0 Å². The molecule has 2 fully saturated rings. The topological polar surface area (TPSA) is 43.0 Å². The molecular weight excluding hydrogens is 562 g/mol. The highest BCUT2D eigenvalue weighted by Crippen LogP contribution is 2.52. The third-order valence-electron chi connectivity index (χ3n) is 12.5. The highest BCUT2D eigenvalue weighted by atomic mass is 16.3. The zero-order valence-electron chi connectivity index (χ0n) is 31.1. The van der Waals surface area contributed by atoms with Gasteiger partial charge in [-0.25, -0.2) is 4.98 Å². The van der Waals surface area contributed by atoms with Crippen molar-refractivity contribution in [1.82, 2.24) is 14.9 Å². The Kier molecular flexibility index (Phi) is 11.8. The molecule has 8 atom stereocenters. The number of furan rings is 1. The number of fused-ring (bicyclic) bond motifs is 1. The molecule has 2 aliphatic rings. The summed E-state index contributed by atoms with van der Waals surface area (Å²) in [5, 5.41) is 5.77. The summed E-state index contributed by atoms with van der Waals surface area (Å²) in [7, 11) is 2.26. The maximum atomic E-state index is 6.40. The SMILES string of the molecule is CCCC1CCCC(C(C)C)C1NC(c1nc(-c2c(CC)oc3ccccc23)cn1C)C1C(CCC)CC(C(C)C)CC1C(C)C. The smallest absolute Gasteiger partial charge is 0.134 e. The number of rotatable bonds is 13. The maximum absolute atomic E-state index is 6.40. The summed E-state index contributed by atoms with van der Waals surface area (Å²) in [4.78, 5) is 5.68. The molecule has 5 rings (SSSR count). The van der Waals surface area contributed by atoms with Crippen LogP contribution in [0.1, 0.15) is 138 Å². The second-order valence-electron chi connectivity index (χ2n) is 16.4. The second kappa shape index (κ2) is 15.4. The Hall–Kier alpha value is -2.07. The number of aryl methyl sites for hydroxylation is 2. The normalized spacial score (nSPS) is 28.2. The molecule has 3 aromatic rings. The molecule has 0 aliphatic heterocycles. The van der Waals surface area contributed by atoms with Crippen LogP contribution in [0.25, 0.3) is 22.2 Å². The van der Waals surface area contributed by atoms with E-state index in [2.05, 4.69) is 110 Å². The zero-order valence-corrected chi connectivity index (χ0v) is 31.1. The minimum absolute atomic E-state index is 0.239. The third kappa shape index (κ3) is 7.18. The van der Waals surface area contributed by atoms with Gasteiger partial charge in [-0.05, 0) is 91.4 Å². The molecule has 4 nitrogen and oxygen atoms in total. The van der Waals surface area contributed by atoms with E-state index in [1.165, 1.54) is 74.6 Å². The molecule has 0 amide bonds. The van der Waals surface area contributed by atoms with Gasteiger partial charge in [0, 0.05) is 31.1 Å². The number of nitrogens with zero attached hydrogens (tertiary/aromatic N) is 2. The van der Waals surface area contributed by atoms with E-state index in [-0.39, 0.29) is 6.04 Å². The molecule has 1 N–H and O–H groups in total. The van der Waals surface area contributed by atoms with Crippen molar-refractivity contribution in [1.29, 1.82) is 0 Å². The molecule has 0 radical (unpaired) electrons. The van der Waals surface area contributed by atoms with Crippen molar-refractivity contribution in [3.05, 3.63) is 42.0 Å². The Morgan fingerprint density at radius 1 is 0.870 bits per heavy atom. The summed E-state index contributed by atoms with van der Waals surface area (Å²) in [6, 6.07) is 9.30. The lowest BCUT2D eigenvalue weighted by Crippen LogP contribution is -2.53. The summed E-state index contributed by atoms with van der Waals surface area (Å²) in [6.45, 7) is 21.9. The average molecular weight is 630 g/mol. The van der Waals surface area contributed by atoms with Crippen molar-refractivity contribution in [2.45, 2.75) is 139 Å². The van der Waals surface area contributed by atoms with E-state index in [4.69, 9.17) is 9.40 Å². The van der Waals surface area contributed by atoms with Gasteiger partial charge in [0.05, 0.1) is 17.3 Å². The molecule has 2 aromatic heterocycles. The molecule has 2 heterocycles. The fraction of sp³-hybridized carbons (Fsp3) is 0.738. The van der Waals surface area contributed by atoms with E-state index in [1.54, 1.807) is 0 Å². The van der Waals surface area contributed by atoms with Crippen molar-refractivity contribution >= 4 is 11.0 Å². The Morgan fingerprint density at radius 3 is 2.22 bits per heavy atom. The zero-order chi connectivity index (χ0) is 33.1. The molecule has 8 unspecified atom stereocenters. The molecule has 0 spiro atoms. The van der Waals surface area contributed by atoms with Crippen molar-refractivity contribution in [2.24, 2.45) is 60.3 Å². The predicted octanol–water partition coefficient (Wildman–Crippen LogP) is 11.6. The van der Waals surface area contributed by atoms with Crippen LogP contribution >= 0.6 is 0 Å². The van der Waals surface area contributed by atoms with Crippen LogP contribution in [-0.4, -0.2) is 15.6 Å². The summed E-state index contributed by atoms with van der Waals surface area (Å²) in [5.74, 6) is 8.61. The van der Waals surface area contributed by atoms with Gasteiger partial charge in [0.25, 0.3) is 0 Å². The van der Waals surface area contributed by atoms with Gasteiger partial charge in [-0.3, -0.25) is 0 Å². The van der Waals surface area contributed by atoms with Crippen molar-refractivity contribution < 1.29 is 4.42 Å². The molecular formula is C42H67N3O. The number of aromatic nitrogens is 2. The minimum Gasteiger partial charge on any atom is -0.460 e. The van der Waals surface area contributed by atoms with E-state index in [0.29, 0.717) is 41.5 Å². The maximum Gasteiger partial charge on any atom is 0.134 e. The van der Waals surface area contributed by atoms with E-state index >= 15 is 0 Å².